The minimum atomic E-state index is -0.458. The van der Waals surface area contributed by atoms with Gasteiger partial charge in [0.15, 0.2) is 11.6 Å². The number of hydrogen-bond acceptors (Lipinski definition) is 4. The third-order valence-corrected chi connectivity index (χ3v) is 3.54. The fourth-order valence-corrected chi connectivity index (χ4v) is 2.31. The van der Waals surface area contributed by atoms with E-state index in [1.165, 1.54) is 19.2 Å². The Labute approximate surface area is 146 Å². The molecule has 2 aromatic carbocycles. The molecule has 5 nitrogen and oxygen atoms in total. The van der Waals surface area contributed by atoms with E-state index < -0.39 is 5.82 Å². The summed E-state index contributed by atoms with van der Waals surface area (Å²) in [6.07, 6.45) is 0.558. The zero-order valence-electron chi connectivity index (χ0n) is 14.1. The van der Waals surface area contributed by atoms with E-state index >= 15 is 0 Å². The highest BCUT2D eigenvalue weighted by Gasteiger charge is 2.10. The summed E-state index contributed by atoms with van der Waals surface area (Å²) in [6.45, 7) is 2.28. The number of hydrogen-bond donors (Lipinski definition) is 1. The van der Waals surface area contributed by atoms with Crippen molar-refractivity contribution in [2.45, 2.75) is 19.8 Å². The maximum absolute atomic E-state index is 13.7. The average Bonchev–Trinajstić information content (AvgIpc) is 2.61. The summed E-state index contributed by atoms with van der Waals surface area (Å²) in [6, 6.07) is 11.5. The third kappa shape index (κ3) is 4.95. The van der Waals surface area contributed by atoms with Gasteiger partial charge in [0.05, 0.1) is 31.0 Å². The molecule has 25 heavy (non-hydrogen) atoms. The number of nitriles is 1. The fraction of sp³-hybridized carbons (Fsp3) is 0.263. The summed E-state index contributed by atoms with van der Waals surface area (Å²) >= 11 is 0. The van der Waals surface area contributed by atoms with E-state index in [9.17, 15) is 9.18 Å². The number of amides is 1. The first-order valence-corrected chi connectivity index (χ1v) is 7.86. The SMILES string of the molecule is CCOc1ccc(C#N)cc1NC(=O)CCc1ccc(OC)c(F)c1. The molecular formula is C19H19FN2O3. The molecule has 0 atom stereocenters. The number of benzene rings is 2. The molecule has 0 saturated carbocycles. The predicted molar refractivity (Wildman–Crippen MR) is 92.2 cm³/mol. The highest BCUT2D eigenvalue weighted by molar-refractivity contribution is 5.92. The summed E-state index contributed by atoms with van der Waals surface area (Å²) in [7, 11) is 1.40. The quantitative estimate of drug-likeness (QED) is 0.833. The van der Waals surface area contributed by atoms with Gasteiger partial charge in [-0.2, -0.15) is 5.26 Å². The van der Waals surface area contributed by atoms with Crippen molar-refractivity contribution >= 4 is 11.6 Å². The monoisotopic (exact) mass is 342 g/mol. The van der Waals surface area contributed by atoms with Gasteiger partial charge in [-0.3, -0.25) is 4.79 Å². The van der Waals surface area contributed by atoms with Gasteiger partial charge in [-0.1, -0.05) is 6.07 Å². The molecule has 6 heteroatoms. The van der Waals surface area contributed by atoms with Crippen molar-refractivity contribution in [3.63, 3.8) is 0 Å². The van der Waals surface area contributed by atoms with Gasteiger partial charge in [0.2, 0.25) is 5.91 Å². The lowest BCUT2D eigenvalue weighted by atomic mass is 10.1. The molecular weight excluding hydrogens is 323 g/mol. The van der Waals surface area contributed by atoms with Gasteiger partial charge in [-0.15, -0.1) is 0 Å². The van der Waals surface area contributed by atoms with E-state index in [0.29, 0.717) is 35.6 Å². The van der Waals surface area contributed by atoms with Crippen LogP contribution in [0.1, 0.15) is 24.5 Å². The number of ether oxygens (including phenoxy) is 2. The van der Waals surface area contributed by atoms with Gasteiger partial charge < -0.3 is 14.8 Å². The van der Waals surface area contributed by atoms with E-state index in [1.807, 2.05) is 13.0 Å². The lowest BCUT2D eigenvalue weighted by Crippen LogP contribution is -2.13. The highest BCUT2D eigenvalue weighted by Crippen LogP contribution is 2.26. The van der Waals surface area contributed by atoms with E-state index in [-0.39, 0.29) is 18.1 Å². The Hall–Kier alpha value is -3.07. The van der Waals surface area contributed by atoms with Crippen molar-refractivity contribution in [3.8, 4) is 17.6 Å². The van der Waals surface area contributed by atoms with Crippen molar-refractivity contribution < 1.29 is 18.7 Å². The Morgan fingerprint density at radius 2 is 2.00 bits per heavy atom. The van der Waals surface area contributed by atoms with Crippen LogP contribution >= 0.6 is 0 Å². The van der Waals surface area contributed by atoms with Crippen molar-refractivity contribution in [2.75, 3.05) is 19.0 Å². The summed E-state index contributed by atoms with van der Waals surface area (Å²) in [5, 5.41) is 11.7. The Kier molecular flexibility index (Phi) is 6.35. The number of nitrogens with one attached hydrogen (secondary N) is 1. The largest absolute Gasteiger partial charge is 0.494 e. The van der Waals surface area contributed by atoms with Gasteiger partial charge in [0.1, 0.15) is 5.75 Å². The Morgan fingerprint density at radius 3 is 2.64 bits per heavy atom. The molecule has 2 aromatic rings. The lowest BCUT2D eigenvalue weighted by Gasteiger charge is -2.12. The molecule has 130 valence electrons. The number of halogens is 1. The minimum absolute atomic E-state index is 0.169. The van der Waals surface area contributed by atoms with Crippen molar-refractivity contribution in [2.24, 2.45) is 0 Å². The van der Waals surface area contributed by atoms with Gasteiger partial charge in [-0.25, -0.2) is 4.39 Å². The zero-order valence-corrected chi connectivity index (χ0v) is 14.1. The van der Waals surface area contributed by atoms with Crippen LogP contribution in [-0.2, 0) is 11.2 Å². The van der Waals surface area contributed by atoms with Gasteiger partial charge in [0, 0.05) is 6.42 Å². The highest BCUT2D eigenvalue weighted by atomic mass is 19.1. The maximum atomic E-state index is 13.7. The van der Waals surface area contributed by atoms with Crippen LogP contribution in [0.25, 0.3) is 0 Å². The first-order valence-electron chi connectivity index (χ1n) is 7.86. The molecule has 0 fully saturated rings. The molecule has 0 unspecified atom stereocenters. The Morgan fingerprint density at radius 1 is 1.24 bits per heavy atom. The van der Waals surface area contributed by atoms with Crippen LogP contribution in [0.5, 0.6) is 11.5 Å². The molecule has 0 aliphatic heterocycles. The zero-order chi connectivity index (χ0) is 18.2. The number of aryl methyl sites for hydroxylation is 1. The van der Waals surface area contributed by atoms with Crippen LogP contribution in [0, 0.1) is 17.1 Å². The fourth-order valence-electron chi connectivity index (χ4n) is 2.31. The molecule has 0 bridgehead atoms. The number of carbonyl (C=O) groups is 1. The molecule has 0 heterocycles. The van der Waals surface area contributed by atoms with Crippen LogP contribution in [0.2, 0.25) is 0 Å². The van der Waals surface area contributed by atoms with Crippen LogP contribution in [0.15, 0.2) is 36.4 Å². The van der Waals surface area contributed by atoms with E-state index in [4.69, 9.17) is 14.7 Å². The second-order valence-corrected chi connectivity index (χ2v) is 5.27. The molecule has 1 amide bonds. The Balaban J connectivity index is 2.02. The minimum Gasteiger partial charge on any atom is -0.494 e. The molecule has 0 aliphatic rings. The second kappa shape index (κ2) is 8.69. The van der Waals surface area contributed by atoms with Gasteiger partial charge >= 0.3 is 0 Å². The maximum Gasteiger partial charge on any atom is 0.224 e. The number of rotatable bonds is 7. The van der Waals surface area contributed by atoms with E-state index in [0.717, 1.165) is 0 Å². The van der Waals surface area contributed by atoms with Crippen molar-refractivity contribution in [1.29, 1.82) is 5.26 Å². The van der Waals surface area contributed by atoms with Crippen molar-refractivity contribution in [3.05, 3.63) is 53.3 Å². The molecule has 0 aromatic heterocycles. The first kappa shape index (κ1) is 18.3. The normalized spacial score (nSPS) is 10.0. The van der Waals surface area contributed by atoms with Crippen molar-refractivity contribution in [1.82, 2.24) is 0 Å². The number of methoxy groups -OCH3 is 1. The molecule has 0 saturated heterocycles. The van der Waals surface area contributed by atoms with Crippen LogP contribution < -0.4 is 14.8 Å². The standard InChI is InChI=1S/C19H19FN2O3/c1-3-25-18-8-5-14(12-21)11-16(18)22-19(23)9-6-13-4-7-17(24-2)15(20)10-13/h4-5,7-8,10-11H,3,6,9H2,1-2H3,(H,22,23). The van der Waals surface area contributed by atoms with E-state index in [1.54, 1.807) is 24.3 Å². The third-order valence-electron chi connectivity index (χ3n) is 3.54. The van der Waals surface area contributed by atoms with E-state index in [2.05, 4.69) is 5.32 Å². The van der Waals surface area contributed by atoms with Gasteiger partial charge in [-0.05, 0) is 49.2 Å². The summed E-state index contributed by atoms with van der Waals surface area (Å²) < 4.78 is 24.0. The van der Waals surface area contributed by atoms with Crippen LogP contribution in [0.4, 0.5) is 10.1 Å². The number of carbonyl (C=O) groups excluding carboxylic acids is 1. The number of nitrogens with zero attached hydrogens (tertiary/aromatic N) is 1. The van der Waals surface area contributed by atoms with Gasteiger partial charge in [0.25, 0.3) is 0 Å². The van der Waals surface area contributed by atoms with Crippen LogP contribution in [-0.4, -0.2) is 19.6 Å². The molecule has 1 N–H and O–H groups in total. The molecule has 0 radical (unpaired) electrons. The Bertz CT molecular complexity index is 800. The summed E-state index contributed by atoms with van der Waals surface area (Å²) in [5.74, 6) is -0.0266. The first-order chi connectivity index (χ1) is 12.1. The molecule has 0 aliphatic carbocycles. The summed E-state index contributed by atoms with van der Waals surface area (Å²) in [5.41, 5.74) is 1.58. The topological polar surface area (TPSA) is 71.3 Å². The van der Waals surface area contributed by atoms with Crippen LogP contribution in [0.3, 0.4) is 0 Å². The second-order valence-electron chi connectivity index (χ2n) is 5.27. The molecule has 2 rings (SSSR count). The molecule has 0 spiro atoms. The lowest BCUT2D eigenvalue weighted by molar-refractivity contribution is -0.116. The predicted octanol–water partition coefficient (Wildman–Crippen LogP) is 3.68. The average molecular weight is 342 g/mol. The number of anilines is 1. The smallest absolute Gasteiger partial charge is 0.224 e. The summed E-state index contributed by atoms with van der Waals surface area (Å²) in [4.78, 5) is 12.2.